The van der Waals surface area contributed by atoms with E-state index in [1.54, 1.807) is 25.1 Å². The van der Waals surface area contributed by atoms with Gasteiger partial charge in [-0.3, -0.25) is 19.8 Å². The highest BCUT2D eigenvalue weighted by atomic mass is 16.5. The molecular weight excluding hydrogens is 514 g/mol. The monoisotopic (exact) mass is 547 g/mol. The lowest BCUT2D eigenvalue weighted by molar-refractivity contribution is -0.140. The van der Waals surface area contributed by atoms with Crippen molar-refractivity contribution >= 4 is 35.5 Å². The summed E-state index contributed by atoms with van der Waals surface area (Å²) in [4.78, 5) is 52.1. The molecule has 12 nitrogen and oxygen atoms in total. The Morgan fingerprint density at radius 1 is 1.30 bits per heavy atom. The highest BCUT2D eigenvalue weighted by Crippen LogP contribution is 2.30. The number of urea groups is 1. The van der Waals surface area contributed by atoms with E-state index in [4.69, 9.17) is 9.47 Å². The summed E-state index contributed by atoms with van der Waals surface area (Å²) in [7, 11) is 3.36. The number of nitriles is 1. The molecule has 2 aromatic heterocycles. The van der Waals surface area contributed by atoms with Gasteiger partial charge in [-0.05, 0) is 43.7 Å². The van der Waals surface area contributed by atoms with Crippen LogP contribution in [0.5, 0.6) is 0 Å². The van der Waals surface area contributed by atoms with Crippen molar-refractivity contribution in [3.05, 3.63) is 40.7 Å². The number of aldehydes is 1. The number of nitrogens with zero attached hydrogens (tertiary/aromatic N) is 6. The maximum atomic E-state index is 13.4. The molecule has 40 heavy (non-hydrogen) atoms. The normalized spacial score (nSPS) is 20.1. The summed E-state index contributed by atoms with van der Waals surface area (Å²) in [5.74, 6) is 0.613. The second kappa shape index (κ2) is 12.0. The topological polar surface area (TPSA) is 141 Å². The zero-order valence-electron chi connectivity index (χ0n) is 22.8. The number of rotatable bonds is 7. The average Bonchev–Trinajstić information content (AvgIpc) is 3.69. The molecule has 2 saturated heterocycles. The first-order valence-electron chi connectivity index (χ1n) is 13.5. The van der Waals surface area contributed by atoms with Gasteiger partial charge >= 0.3 is 6.03 Å². The van der Waals surface area contributed by atoms with Crippen molar-refractivity contribution in [3.63, 3.8) is 0 Å². The third kappa shape index (κ3) is 5.61. The van der Waals surface area contributed by atoms with E-state index in [-0.39, 0.29) is 24.2 Å². The van der Waals surface area contributed by atoms with E-state index in [2.05, 4.69) is 26.3 Å². The number of amides is 3. The van der Waals surface area contributed by atoms with Crippen molar-refractivity contribution in [2.45, 2.75) is 50.9 Å². The number of methoxy groups -OCH3 is 1. The van der Waals surface area contributed by atoms with Gasteiger partial charge < -0.3 is 19.3 Å². The maximum Gasteiger partial charge on any atom is 0.328 e. The summed E-state index contributed by atoms with van der Waals surface area (Å²) in [6.07, 6.45) is 5.55. The lowest BCUT2D eigenvalue weighted by Gasteiger charge is -2.30. The van der Waals surface area contributed by atoms with Gasteiger partial charge in [0, 0.05) is 64.8 Å². The highest BCUT2D eigenvalue weighted by Gasteiger charge is 2.30. The van der Waals surface area contributed by atoms with E-state index in [1.807, 2.05) is 6.07 Å². The molecule has 3 amide bonds. The van der Waals surface area contributed by atoms with Crippen LogP contribution in [-0.4, -0.2) is 85.7 Å². The molecule has 12 heteroatoms. The molecule has 2 fully saturated rings. The fourth-order valence-electron chi connectivity index (χ4n) is 5.51. The third-order valence-electron chi connectivity index (χ3n) is 7.68. The minimum absolute atomic E-state index is 0.0829. The fourth-order valence-corrected chi connectivity index (χ4v) is 5.51. The van der Waals surface area contributed by atoms with Crippen LogP contribution in [0.2, 0.25) is 0 Å². The minimum Gasteiger partial charge on any atom is -0.380 e. The summed E-state index contributed by atoms with van der Waals surface area (Å²) in [6.45, 7) is 2.60. The first-order valence-corrected chi connectivity index (χ1v) is 13.5. The van der Waals surface area contributed by atoms with Crippen LogP contribution in [0, 0.1) is 11.3 Å². The predicted molar refractivity (Wildman–Crippen MR) is 146 cm³/mol. The molecule has 3 aliphatic heterocycles. The Bertz CT molecular complexity index is 1340. The van der Waals surface area contributed by atoms with Crippen LogP contribution in [0.15, 0.2) is 18.3 Å². The van der Waals surface area contributed by atoms with Gasteiger partial charge in [0.1, 0.15) is 29.5 Å². The molecule has 3 aliphatic rings. The van der Waals surface area contributed by atoms with Gasteiger partial charge in [0.05, 0.1) is 17.4 Å². The van der Waals surface area contributed by atoms with E-state index in [1.165, 1.54) is 11.1 Å². The Morgan fingerprint density at radius 2 is 2.15 bits per heavy atom. The van der Waals surface area contributed by atoms with Crippen LogP contribution in [-0.2, 0) is 27.2 Å². The van der Waals surface area contributed by atoms with Crippen LogP contribution >= 0.6 is 0 Å². The zero-order valence-corrected chi connectivity index (χ0v) is 22.8. The summed E-state index contributed by atoms with van der Waals surface area (Å²) >= 11 is 0. The van der Waals surface area contributed by atoms with Crippen LogP contribution in [0.1, 0.15) is 52.9 Å². The lowest BCUT2D eigenvalue weighted by Crippen LogP contribution is -2.40. The molecule has 0 aliphatic carbocycles. The van der Waals surface area contributed by atoms with Crippen molar-refractivity contribution < 1.29 is 23.9 Å². The zero-order chi connectivity index (χ0) is 28.2. The Morgan fingerprint density at radius 3 is 2.85 bits per heavy atom. The molecule has 2 unspecified atom stereocenters. The molecular formula is C28H33N7O5. The van der Waals surface area contributed by atoms with E-state index in [0.29, 0.717) is 73.7 Å². The number of pyridine rings is 2. The lowest BCUT2D eigenvalue weighted by atomic mass is 10.0. The average molecular weight is 548 g/mol. The number of nitrogens with one attached hydrogen (secondary N) is 1. The Labute approximate surface area is 232 Å². The molecule has 210 valence electrons. The van der Waals surface area contributed by atoms with E-state index >= 15 is 0 Å². The maximum absolute atomic E-state index is 13.4. The summed E-state index contributed by atoms with van der Waals surface area (Å²) in [5.41, 5.74) is 2.76. The third-order valence-corrected chi connectivity index (χ3v) is 7.68. The largest absolute Gasteiger partial charge is 0.380 e. The number of ether oxygens (including phenoxy) is 2. The van der Waals surface area contributed by atoms with Gasteiger partial charge in [0.15, 0.2) is 6.29 Å². The standard InChI is InChI=1S/C28H33N7O5/c1-33(27(37)24-6-4-10-40-24)15-19-11-18-5-3-8-35(26(18)31-22(19)17-36)28(38)32-25-12-23(20(13-29)14-30-25)34-9-7-21(16-34)39-2/h11-12,14,17,21,24H,3-10,15-16H2,1-2H3,(H,30,32,38). The smallest absolute Gasteiger partial charge is 0.328 e. The quantitative estimate of drug-likeness (QED) is 0.518. The summed E-state index contributed by atoms with van der Waals surface area (Å²) in [5, 5.41) is 12.4. The van der Waals surface area contributed by atoms with Crippen molar-refractivity contribution in [1.82, 2.24) is 14.9 Å². The fraction of sp³-hybridized carbons (Fsp3) is 0.500. The highest BCUT2D eigenvalue weighted by molar-refractivity contribution is 6.02. The number of carbonyl (C=O) groups is 3. The molecule has 0 bridgehead atoms. The van der Waals surface area contributed by atoms with Crippen LogP contribution < -0.4 is 15.1 Å². The van der Waals surface area contributed by atoms with Gasteiger partial charge in [-0.25, -0.2) is 14.8 Å². The number of carbonyl (C=O) groups excluding carboxylic acids is 3. The van der Waals surface area contributed by atoms with Crippen molar-refractivity contribution in [2.24, 2.45) is 0 Å². The first-order chi connectivity index (χ1) is 19.4. The molecule has 1 N–H and O–H groups in total. The number of hydrogen-bond acceptors (Lipinski definition) is 9. The Kier molecular flexibility index (Phi) is 8.23. The number of hydrogen-bond donors (Lipinski definition) is 1. The number of aromatic nitrogens is 2. The number of fused-ring (bicyclic) bond motifs is 1. The van der Waals surface area contributed by atoms with Crippen LogP contribution in [0.3, 0.4) is 0 Å². The SMILES string of the molecule is COC1CCN(c2cc(NC(=O)N3CCCc4cc(CN(C)C(=O)C5CCCO5)c(C=O)nc43)ncc2C#N)C1. The number of likely N-dealkylation sites (N-methyl/N-ethyl adjacent to an activating group) is 1. The Balaban J connectivity index is 1.34. The molecule has 2 atom stereocenters. The molecule has 5 heterocycles. The predicted octanol–water partition coefficient (Wildman–Crippen LogP) is 2.51. The summed E-state index contributed by atoms with van der Waals surface area (Å²) in [6, 6.07) is 5.31. The van der Waals surface area contributed by atoms with E-state index < -0.39 is 12.1 Å². The second-order valence-corrected chi connectivity index (χ2v) is 10.3. The second-order valence-electron chi connectivity index (χ2n) is 10.3. The van der Waals surface area contributed by atoms with Crippen molar-refractivity contribution in [2.75, 3.05) is 55.5 Å². The van der Waals surface area contributed by atoms with Gasteiger partial charge in [-0.2, -0.15) is 5.26 Å². The Hall–Kier alpha value is -4.08. The van der Waals surface area contributed by atoms with Crippen LogP contribution in [0.4, 0.5) is 22.1 Å². The van der Waals surface area contributed by atoms with E-state index in [0.717, 1.165) is 24.9 Å². The number of anilines is 3. The van der Waals surface area contributed by atoms with Crippen molar-refractivity contribution in [1.29, 1.82) is 5.26 Å². The number of aryl methyl sites for hydroxylation is 1. The molecule has 5 rings (SSSR count). The van der Waals surface area contributed by atoms with Gasteiger partial charge in [0.25, 0.3) is 5.91 Å². The van der Waals surface area contributed by atoms with Gasteiger partial charge in [0.2, 0.25) is 0 Å². The molecule has 2 aromatic rings. The van der Waals surface area contributed by atoms with E-state index in [9.17, 15) is 19.6 Å². The van der Waals surface area contributed by atoms with Gasteiger partial charge in [-0.15, -0.1) is 0 Å². The molecule has 0 spiro atoms. The minimum atomic E-state index is -0.447. The molecule has 0 saturated carbocycles. The van der Waals surface area contributed by atoms with Crippen LogP contribution in [0.25, 0.3) is 0 Å². The first kappa shape index (κ1) is 27.5. The molecule has 0 aromatic carbocycles. The van der Waals surface area contributed by atoms with Gasteiger partial charge in [-0.1, -0.05) is 0 Å². The molecule has 0 radical (unpaired) electrons. The van der Waals surface area contributed by atoms with Crippen molar-refractivity contribution in [3.8, 4) is 6.07 Å². The summed E-state index contributed by atoms with van der Waals surface area (Å²) < 4.78 is 11.0.